The van der Waals surface area contributed by atoms with Crippen molar-refractivity contribution in [1.29, 1.82) is 0 Å². The molecule has 78 heavy (non-hydrogen) atoms. The molecular weight excluding hydrogens is 943 g/mol. The first-order chi connectivity index (χ1) is 38.3. The maximum Gasteiger partial charge on any atom is 0.0522 e. The Kier molecular flexibility index (Phi) is 16.4. The van der Waals surface area contributed by atoms with Crippen LogP contribution in [0.2, 0.25) is 0 Å². The Labute approximate surface area is 463 Å². The molecule has 0 aliphatic carbocycles. The molecule has 0 bridgehead atoms. The van der Waals surface area contributed by atoms with Gasteiger partial charge in [-0.05, 0) is 199 Å². The Morgan fingerprint density at radius 1 is 0.282 bits per heavy atom. The van der Waals surface area contributed by atoms with Crippen LogP contribution in [0.1, 0.15) is 87.5 Å². The number of nitrogens with zero attached hydrogens (tertiary/aromatic N) is 3. The summed E-state index contributed by atoms with van der Waals surface area (Å²) in [7, 11) is 0. The maximum atomic E-state index is 3.56. The second-order valence-electron chi connectivity index (χ2n) is 19.9. The summed E-state index contributed by atoms with van der Waals surface area (Å²) in [6.07, 6.45) is 11.6. The van der Waals surface area contributed by atoms with Crippen LogP contribution in [0.4, 0.5) is 51.2 Å². The number of hydrogen-bond donors (Lipinski definition) is 0. The van der Waals surface area contributed by atoms with Crippen molar-refractivity contribution < 1.29 is 0 Å². The van der Waals surface area contributed by atoms with E-state index >= 15 is 0 Å². The highest BCUT2D eigenvalue weighted by Gasteiger charge is 2.20. The van der Waals surface area contributed by atoms with Crippen LogP contribution in [0, 0.1) is 32.6 Å². The summed E-state index contributed by atoms with van der Waals surface area (Å²) in [4.78, 5) is 7.15. The summed E-state index contributed by atoms with van der Waals surface area (Å²) in [6, 6.07) is 84.9. The molecule has 382 valence electrons. The first kappa shape index (κ1) is 52.1. The first-order valence-electron chi connectivity index (χ1n) is 27.4. The van der Waals surface area contributed by atoms with E-state index < -0.39 is 0 Å². The number of hydrogen-bond acceptors (Lipinski definition) is 3. The van der Waals surface area contributed by atoms with Crippen molar-refractivity contribution in [2.75, 3.05) is 14.7 Å². The fraction of sp³-hybridized carbons (Fsp3) is 0.120. The van der Waals surface area contributed by atoms with Gasteiger partial charge >= 0.3 is 0 Å². The Balaban J connectivity index is 0.979. The minimum Gasteiger partial charge on any atom is -0.310 e. The molecule has 10 aromatic rings. The van der Waals surface area contributed by atoms with E-state index in [-0.39, 0.29) is 0 Å². The van der Waals surface area contributed by atoms with Crippen LogP contribution in [0.3, 0.4) is 0 Å². The first-order valence-corrected chi connectivity index (χ1v) is 27.4. The van der Waals surface area contributed by atoms with E-state index in [1.165, 1.54) is 50.4 Å². The molecular formula is C75H67N3. The van der Waals surface area contributed by atoms with Crippen LogP contribution < -0.4 is 14.7 Å². The Morgan fingerprint density at radius 3 is 0.910 bits per heavy atom. The summed E-state index contributed by atoms with van der Waals surface area (Å²) in [5.41, 5.74) is 24.4. The van der Waals surface area contributed by atoms with Gasteiger partial charge in [0.1, 0.15) is 0 Å². The minimum atomic E-state index is 0.942. The van der Waals surface area contributed by atoms with Gasteiger partial charge in [-0.2, -0.15) is 0 Å². The average Bonchev–Trinajstić information content (AvgIpc) is 3.50. The summed E-state index contributed by atoms with van der Waals surface area (Å²) in [5, 5.41) is 0. The van der Waals surface area contributed by atoms with E-state index in [9.17, 15) is 0 Å². The van der Waals surface area contributed by atoms with Crippen LogP contribution in [-0.4, -0.2) is 0 Å². The molecule has 0 fully saturated rings. The van der Waals surface area contributed by atoms with Crippen LogP contribution in [0.5, 0.6) is 0 Å². The van der Waals surface area contributed by atoms with Crippen molar-refractivity contribution in [1.82, 2.24) is 0 Å². The van der Waals surface area contributed by atoms with E-state index in [2.05, 4.69) is 329 Å². The summed E-state index contributed by atoms with van der Waals surface area (Å²) in [5.74, 6) is 7.09. The van der Waals surface area contributed by atoms with Gasteiger partial charge in [-0.25, -0.2) is 0 Å². The lowest BCUT2D eigenvalue weighted by atomic mass is 10.0. The quantitative estimate of drug-likeness (QED) is 0.0705. The zero-order chi connectivity index (χ0) is 53.8. The largest absolute Gasteiger partial charge is 0.310 e. The number of anilines is 9. The van der Waals surface area contributed by atoms with E-state index in [1.54, 1.807) is 0 Å². The fourth-order valence-corrected chi connectivity index (χ4v) is 10.6. The molecule has 0 aliphatic rings. The molecule has 0 aliphatic heterocycles. The molecule has 0 saturated heterocycles. The third-order valence-corrected chi connectivity index (χ3v) is 14.5. The van der Waals surface area contributed by atoms with Gasteiger partial charge in [0, 0.05) is 45.3 Å². The molecule has 10 aromatic carbocycles. The van der Waals surface area contributed by atoms with E-state index in [4.69, 9.17) is 0 Å². The fourth-order valence-electron chi connectivity index (χ4n) is 10.6. The Hall–Kier alpha value is -9.36. The highest BCUT2D eigenvalue weighted by molar-refractivity contribution is 5.85. The third-order valence-electron chi connectivity index (χ3n) is 14.5. The van der Waals surface area contributed by atoms with Crippen molar-refractivity contribution in [2.24, 2.45) is 0 Å². The molecule has 3 nitrogen and oxygen atoms in total. The summed E-state index contributed by atoms with van der Waals surface area (Å²) in [6.45, 7) is 13.3. The molecule has 0 atom stereocenters. The molecule has 0 unspecified atom stereocenters. The van der Waals surface area contributed by atoms with Gasteiger partial charge in [-0.15, -0.1) is 0 Å². The average molecular weight is 1010 g/mol. The molecule has 0 saturated carbocycles. The molecule has 0 radical (unpaired) electrons. The topological polar surface area (TPSA) is 9.72 Å². The summed E-state index contributed by atoms with van der Waals surface area (Å²) < 4.78 is 0. The van der Waals surface area contributed by atoms with E-state index in [1.807, 2.05) is 0 Å². The smallest absolute Gasteiger partial charge is 0.0522 e. The molecule has 0 aromatic heterocycles. The number of benzene rings is 10. The normalized spacial score (nSPS) is 11.2. The second kappa shape index (κ2) is 24.5. The lowest BCUT2D eigenvalue weighted by Gasteiger charge is -2.29. The highest BCUT2D eigenvalue weighted by atomic mass is 15.2. The number of aryl methyl sites for hydroxylation is 6. The van der Waals surface area contributed by atoms with E-state index in [0.29, 0.717) is 0 Å². The SMILES string of the molecule is CCc1cccc(C)c1N(c1ccccc1)c1ccc(C#Cc2cc(/C=C/c3ccc(N(c4ccccc4)c4c(C)cccc4CC)cc3)cc(/C=C/c3ccc(N(c4ccccc4)c4c(C)cccc4CC)cc3)c2)cc1. The van der Waals surface area contributed by atoms with Crippen LogP contribution in [0.15, 0.2) is 237 Å². The number of rotatable bonds is 16. The molecule has 0 N–H and O–H groups in total. The maximum absolute atomic E-state index is 3.56. The second-order valence-corrected chi connectivity index (χ2v) is 19.9. The van der Waals surface area contributed by atoms with Gasteiger partial charge < -0.3 is 14.7 Å². The minimum absolute atomic E-state index is 0.942. The zero-order valence-electron chi connectivity index (χ0n) is 45.8. The van der Waals surface area contributed by atoms with Crippen LogP contribution >= 0.6 is 0 Å². The lowest BCUT2D eigenvalue weighted by molar-refractivity contribution is 1.10. The van der Waals surface area contributed by atoms with Gasteiger partial charge in [0.15, 0.2) is 0 Å². The summed E-state index contributed by atoms with van der Waals surface area (Å²) >= 11 is 0. The van der Waals surface area contributed by atoms with Crippen molar-refractivity contribution in [3.63, 3.8) is 0 Å². The molecule has 0 heterocycles. The van der Waals surface area contributed by atoms with Crippen LogP contribution in [-0.2, 0) is 19.3 Å². The van der Waals surface area contributed by atoms with Gasteiger partial charge in [0.05, 0.1) is 17.1 Å². The monoisotopic (exact) mass is 1010 g/mol. The van der Waals surface area contributed by atoms with Crippen molar-refractivity contribution >= 4 is 75.5 Å². The zero-order valence-corrected chi connectivity index (χ0v) is 45.8. The molecule has 0 amide bonds. The molecule has 10 rings (SSSR count). The third kappa shape index (κ3) is 11.9. The van der Waals surface area contributed by atoms with Crippen molar-refractivity contribution in [2.45, 2.75) is 60.8 Å². The van der Waals surface area contributed by atoms with Crippen LogP contribution in [0.25, 0.3) is 24.3 Å². The van der Waals surface area contributed by atoms with E-state index in [0.717, 1.165) is 86.8 Å². The van der Waals surface area contributed by atoms with Gasteiger partial charge in [0.2, 0.25) is 0 Å². The predicted octanol–water partition coefficient (Wildman–Crippen LogP) is 20.4. The lowest BCUT2D eigenvalue weighted by Crippen LogP contribution is -2.13. The van der Waals surface area contributed by atoms with Gasteiger partial charge in [0.25, 0.3) is 0 Å². The van der Waals surface area contributed by atoms with Crippen molar-refractivity contribution in [3.05, 3.63) is 303 Å². The molecule has 3 heteroatoms. The van der Waals surface area contributed by atoms with Crippen molar-refractivity contribution in [3.8, 4) is 11.8 Å². The number of para-hydroxylation sites is 6. The molecule has 0 spiro atoms. The predicted molar refractivity (Wildman–Crippen MR) is 336 cm³/mol. The standard InChI is InChI=1S/C75H67N3/c1-7-64-25-19-22-55(4)73(64)76(67-28-13-10-14-29-67)70-46-40-58(41-47-70)34-37-61-52-62(38-35-59-42-48-71(49-43-59)77(68-30-15-11-16-31-68)74-56(5)23-20-26-65(74)8-2)54-63(53-61)39-36-60-44-50-72(51-45-60)78(69-32-17-12-18-33-69)75-57(6)24-21-27-66(75)9-3/h10-35,37-38,40-54H,7-9H2,1-6H3/b37-34+,38-35+. The van der Waals surface area contributed by atoms with Gasteiger partial charge in [-0.3, -0.25) is 0 Å². The Bertz CT molecular complexity index is 3580. The van der Waals surface area contributed by atoms with Gasteiger partial charge in [-0.1, -0.05) is 190 Å². The highest BCUT2D eigenvalue weighted by Crippen LogP contribution is 2.42. The Morgan fingerprint density at radius 2 is 0.577 bits per heavy atom.